The minimum Gasteiger partial charge on any atom is -0.466 e. The summed E-state index contributed by atoms with van der Waals surface area (Å²) >= 11 is 0. The van der Waals surface area contributed by atoms with E-state index in [1.807, 2.05) is 44.2 Å². The van der Waals surface area contributed by atoms with Crippen molar-refractivity contribution in [2.45, 2.75) is 32.7 Å². The van der Waals surface area contributed by atoms with Gasteiger partial charge in [0.2, 0.25) is 11.8 Å². The topological polar surface area (TPSA) is 108 Å². The highest BCUT2D eigenvalue weighted by Gasteiger charge is 2.34. The van der Waals surface area contributed by atoms with Gasteiger partial charge in [0.05, 0.1) is 19.6 Å². The summed E-state index contributed by atoms with van der Waals surface area (Å²) in [5.74, 6) is -1.27. The van der Waals surface area contributed by atoms with Gasteiger partial charge in [-0.2, -0.15) is 0 Å². The van der Waals surface area contributed by atoms with Crippen LogP contribution < -0.4 is 15.5 Å². The van der Waals surface area contributed by atoms with Gasteiger partial charge in [-0.15, -0.1) is 0 Å². The van der Waals surface area contributed by atoms with Crippen LogP contribution in [0.2, 0.25) is 0 Å². The Hall–Kier alpha value is -3.88. The van der Waals surface area contributed by atoms with Crippen molar-refractivity contribution >= 4 is 35.1 Å². The molecule has 2 aromatic carbocycles. The fourth-order valence-corrected chi connectivity index (χ4v) is 3.87. The minimum atomic E-state index is -0.889. The molecule has 1 unspecified atom stereocenters. The standard InChI is InChI=1S/C26H32N4O5/c1-3-16-35-24(32)17-22-25(33)27-14-15-30(22)23(31)18-28-20-12-10-19(11-13-20)26(34)29(4-2)21-8-6-5-7-9-21/h5-13,22,28H,3-4,14-18H2,1-2H3,(H,27,33). The average Bonchev–Trinajstić information content (AvgIpc) is 2.88. The molecule has 1 heterocycles. The largest absolute Gasteiger partial charge is 0.466 e. The molecule has 35 heavy (non-hydrogen) atoms. The van der Waals surface area contributed by atoms with Gasteiger partial charge in [-0.3, -0.25) is 19.2 Å². The zero-order chi connectivity index (χ0) is 25.2. The maximum atomic E-state index is 13.0. The first-order valence-electron chi connectivity index (χ1n) is 11.9. The predicted octanol–water partition coefficient (Wildman–Crippen LogP) is 2.44. The molecule has 0 aromatic heterocycles. The molecule has 0 aliphatic carbocycles. The van der Waals surface area contributed by atoms with Gasteiger partial charge in [-0.05, 0) is 49.7 Å². The van der Waals surface area contributed by atoms with Crippen LogP contribution in [0.4, 0.5) is 11.4 Å². The van der Waals surface area contributed by atoms with Crippen LogP contribution in [-0.2, 0) is 19.1 Å². The monoisotopic (exact) mass is 480 g/mol. The van der Waals surface area contributed by atoms with Gasteiger partial charge in [0.15, 0.2) is 0 Å². The lowest BCUT2D eigenvalue weighted by Gasteiger charge is -2.34. The molecule has 1 saturated heterocycles. The molecular weight excluding hydrogens is 448 g/mol. The molecular formula is C26H32N4O5. The highest BCUT2D eigenvalue weighted by molar-refractivity contribution is 6.06. The van der Waals surface area contributed by atoms with Crippen molar-refractivity contribution in [3.8, 4) is 0 Å². The summed E-state index contributed by atoms with van der Waals surface area (Å²) in [6.45, 7) is 5.22. The third-order valence-corrected chi connectivity index (χ3v) is 5.68. The highest BCUT2D eigenvalue weighted by atomic mass is 16.5. The first-order valence-corrected chi connectivity index (χ1v) is 11.9. The lowest BCUT2D eigenvalue weighted by Crippen LogP contribution is -2.58. The summed E-state index contributed by atoms with van der Waals surface area (Å²) in [6.07, 6.45) is 0.506. The van der Waals surface area contributed by atoms with Crippen LogP contribution in [0, 0.1) is 0 Å². The molecule has 0 spiro atoms. The van der Waals surface area contributed by atoms with Crippen molar-refractivity contribution < 1.29 is 23.9 Å². The minimum absolute atomic E-state index is 0.0494. The number of para-hydroxylation sites is 1. The van der Waals surface area contributed by atoms with E-state index in [2.05, 4.69) is 10.6 Å². The average molecular weight is 481 g/mol. The van der Waals surface area contributed by atoms with E-state index in [1.165, 1.54) is 4.90 Å². The molecule has 9 nitrogen and oxygen atoms in total. The van der Waals surface area contributed by atoms with Gasteiger partial charge in [0.1, 0.15) is 6.04 Å². The van der Waals surface area contributed by atoms with E-state index in [4.69, 9.17) is 4.74 Å². The summed E-state index contributed by atoms with van der Waals surface area (Å²) in [6, 6.07) is 15.5. The van der Waals surface area contributed by atoms with Crippen molar-refractivity contribution in [2.75, 3.05) is 43.0 Å². The van der Waals surface area contributed by atoms with Crippen LogP contribution >= 0.6 is 0 Å². The third-order valence-electron chi connectivity index (χ3n) is 5.68. The molecule has 1 aliphatic heterocycles. The summed E-state index contributed by atoms with van der Waals surface area (Å²) < 4.78 is 5.08. The van der Waals surface area contributed by atoms with Gasteiger partial charge >= 0.3 is 5.97 Å². The molecule has 9 heteroatoms. The van der Waals surface area contributed by atoms with E-state index in [0.29, 0.717) is 37.3 Å². The number of piperazine rings is 1. The number of nitrogens with one attached hydrogen (secondary N) is 2. The number of rotatable bonds is 10. The number of carbonyl (C=O) groups excluding carboxylic acids is 4. The molecule has 3 rings (SSSR count). The smallest absolute Gasteiger partial charge is 0.308 e. The van der Waals surface area contributed by atoms with E-state index in [9.17, 15) is 19.2 Å². The van der Waals surface area contributed by atoms with Crippen molar-refractivity contribution in [3.05, 3.63) is 60.2 Å². The lowest BCUT2D eigenvalue weighted by molar-refractivity contribution is -0.151. The second-order valence-corrected chi connectivity index (χ2v) is 8.13. The van der Waals surface area contributed by atoms with Crippen LogP contribution in [0.5, 0.6) is 0 Å². The molecule has 0 radical (unpaired) electrons. The maximum Gasteiger partial charge on any atom is 0.308 e. The van der Waals surface area contributed by atoms with Gasteiger partial charge in [0, 0.05) is 36.6 Å². The van der Waals surface area contributed by atoms with Crippen LogP contribution in [-0.4, -0.2) is 67.4 Å². The number of anilines is 2. The van der Waals surface area contributed by atoms with Crippen LogP contribution in [0.1, 0.15) is 37.0 Å². The predicted molar refractivity (Wildman–Crippen MR) is 133 cm³/mol. The number of benzene rings is 2. The first kappa shape index (κ1) is 25.7. The Morgan fingerprint density at radius 1 is 1.09 bits per heavy atom. The molecule has 186 valence electrons. The number of hydrogen-bond acceptors (Lipinski definition) is 6. The molecule has 1 fully saturated rings. The molecule has 1 aliphatic rings. The van der Waals surface area contributed by atoms with E-state index >= 15 is 0 Å². The van der Waals surface area contributed by atoms with Crippen molar-refractivity contribution in [3.63, 3.8) is 0 Å². The summed E-state index contributed by atoms with van der Waals surface area (Å²) in [5.41, 5.74) is 2.02. The van der Waals surface area contributed by atoms with Crippen LogP contribution in [0.3, 0.4) is 0 Å². The Kier molecular flexibility index (Phi) is 9.23. The van der Waals surface area contributed by atoms with Crippen LogP contribution in [0.15, 0.2) is 54.6 Å². The fraction of sp³-hybridized carbons (Fsp3) is 0.385. The number of hydrogen-bond donors (Lipinski definition) is 2. The van der Waals surface area contributed by atoms with Crippen molar-refractivity contribution in [1.82, 2.24) is 10.2 Å². The van der Waals surface area contributed by atoms with Gasteiger partial charge in [0.25, 0.3) is 5.91 Å². The SMILES string of the molecule is CCCOC(=O)CC1C(=O)NCCN1C(=O)CNc1ccc(C(=O)N(CC)c2ccccc2)cc1. The first-order chi connectivity index (χ1) is 16.9. The van der Waals surface area contributed by atoms with Crippen molar-refractivity contribution in [1.29, 1.82) is 0 Å². The second kappa shape index (κ2) is 12.5. The van der Waals surface area contributed by atoms with Crippen LogP contribution in [0.25, 0.3) is 0 Å². The number of ether oxygens (including phenoxy) is 1. The Labute approximate surface area is 205 Å². The Morgan fingerprint density at radius 2 is 1.80 bits per heavy atom. The summed E-state index contributed by atoms with van der Waals surface area (Å²) in [5, 5.41) is 5.74. The van der Waals surface area contributed by atoms with E-state index in [0.717, 1.165) is 5.69 Å². The Bertz CT molecular complexity index is 1030. The van der Waals surface area contributed by atoms with E-state index in [-0.39, 0.29) is 37.3 Å². The Morgan fingerprint density at radius 3 is 2.46 bits per heavy atom. The van der Waals surface area contributed by atoms with Gasteiger partial charge < -0.3 is 25.2 Å². The molecule has 1 atom stereocenters. The zero-order valence-electron chi connectivity index (χ0n) is 20.2. The third kappa shape index (κ3) is 6.81. The fourth-order valence-electron chi connectivity index (χ4n) is 3.87. The number of amides is 3. The van der Waals surface area contributed by atoms with E-state index < -0.39 is 12.0 Å². The van der Waals surface area contributed by atoms with Gasteiger partial charge in [-0.25, -0.2) is 0 Å². The summed E-state index contributed by atoms with van der Waals surface area (Å²) in [7, 11) is 0. The molecule has 3 amide bonds. The lowest BCUT2D eigenvalue weighted by atomic mass is 10.1. The number of carbonyl (C=O) groups is 4. The maximum absolute atomic E-state index is 13.0. The molecule has 0 saturated carbocycles. The normalized spacial score (nSPS) is 15.2. The zero-order valence-corrected chi connectivity index (χ0v) is 20.2. The quantitative estimate of drug-likeness (QED) is 0.506. The summed E-state index contributed by atoms with van der Waals surface area (Å²) in [4.78, 5) is 53.2. The molecule has 2 N–H and O–H groups in total. The van der Waals surface area contributed by atoms with Gasteiger partial charge in [-0.1, -0.05) is 25.1 Å². The second-order valence-electron chi connectivity index (χ2n) is 8.13. The van der Waals surface area contributed by atoms with Crippen molar-refractivity contribution in [2.24, 2.45) is 0 Å². The highest BCUT2D eigenvalue weighted by Crippen LogP contribution is 2.18. The molecule has 2 aromatic rings. The number of nitrogens with zero attached hydrogens (tertiary/aromatic N) is 2. The Balaban J connectivity index is 1.59. The van der Waals surface area contributed by atoms with E-state index in [1.54, 1.807) is 29.2 Å². The number of esters is 1. The molecule has 0 bridgehead atoms.